The Morgan fingerprint density at radius 1 is 1.24 bits per heavy atom. The molecule has 1 unspecified atom stereocenters. The highest BCUT2D eigenvalue weighted by Crippen LogP contribution is 2.26. The van der Waals surface area contributed by atoms with Crippen molar-refractivity contribution in [1.82, 2.24) is 14.3 Å². The molecule has 2 aromatic rings. The third-order valence-electron chi connectivity index (χ3n) is 4.94. The monoisotopic (exact) mass is 286 g/mol. The summed E-state index contributed by atoms with van der Waals surface area (Å²) in [5.74, 6) is 0. The highest BCUT2D eigenvalue weighted by Gasteiger charge is 2.33. The number of aryl methyl sites for hydroxylation is 1. The van der Waals surface area contributed by atoms with E-state index in [-0.39, 0.29) is 5.54 Å². The van der Waals surface area contributed by atoms with Crippen LogP contribution in [0.4, 0.5) is 0 Å². The molecule has 1 aliphatic heterocycles. The Hall–Kier alpha value is -1.39. The molecule has 0 aromatic carbocycles. The number of imidazole rings is 1. The Morgan fingerprint density at radius 3 is 2.71 bits per heavy atom. The largest absolute Gasteiger partial charge is 0.329 e. The molecule has 0 spiro atoms. The topological polar surface area (TPSA) is 46.6 Å². The number of nitrogens with two attached hydrogens (primary N) is 1. The second-order valence-corrected chi connectivity index (χ2v) is 6.50. The van der Waals surface area contributed by atoms with Crippen LogP contribution in [0.2, 0.25) is 0 Å². The highest BCUT2D eigenvalue weighted by molar-refractivity contribution is 5.43. The van der Waals surface area contributed by atoms with E-state index in [1.165, 1.54) is 38.0 Å². The Labute approximate surface area is 127 Å². The smallest absolute Gasteiger partial charge is 0.137 e. The quantitative estimate of drug-likeness (QED) is 0.938. The first-order valence-electron chi connectivity index (χ1n) is 8.02. The van der Waals surface area contributed by atoms with Crippen LogP contribution in [0.25, 0.3) is 5.65 Å². The van der Waals surface area contributed by atoms with E-state index in [4.69, 9.17) is 5.73 Å². The van der Waals surface area contributed by atoms with E-state index in [0.29, 0.717) is 6.54 Å². The van der Waals surface area contributed by atoms with Gasteiger partial charge in [-0.05, 0) is 51.9 Å². The van der Waals surface area contributed by atoms with E-state index in [1.54, 1.807) is 0 Å². The van der Waals surface area contributed by atoms with Crippen molar-refractivity contribution >= 4 is 5.65 Å². The van der Waals surface area contributed by atoms with E-state index < -0.39 is 0 Å². The van der Waals surface area contributed by atoms with Crippen LogP contribution in [0.5, 0.6) is 0 Å². The normalized spacial score (nSPS) is 19.8. The van der Waals surface area contributed by atoms with E-state index >= 15 is 0 Å². The molecular weight excluding hydrogens is 260 g/mol. The summed E-state index contributed by atoms with van der Waals surface area (Å²) in [5, 5.41) is 0. The summed E-state index contributed by atoms with van der Waals surface area (Å²) < 4.78 is 2.22. The number of aromatic nitrogens is 2. The second kappa shape index (κ2) is 5.78. The predicted octanol–water partition coefficient (Wildman–Crippen LogP) is 2.39. The molecule has 114 valence electrons. The minimum atomic E-state index is 0.0248. The van der Waals surface area contributed by atoms with Crippen molar-refractivity contribution in [2.45, 2.75) is 45.1 Å². The molecule has 2 N–H and O–H groups in total. The van der Waals surface area contributed by atoms with Crippen molar-refractivity contribution < 1.29 is 0 Å². The summed E-state index contributed by atoms with van der Waals surface area (Å²) in [6.45, 7) is 7.44. The van der Waals surface area contributed by atoms with Gasteiger partial charge in [-0.3, -0.25) is 4.90 Å². The average Bonchev–Trinajstić information content (AvgIpc) is 2.84. The van der Waals surface area contributed by atoms with Crippen LogP contribution in [0, 0.1) is 6.92 Å². The van der Waals surface area contributed by atoms with Crippen molar-refractivity contribution in [3.63, 3.8) is 0 Å². The van der Waals surface area contributed by atoms with Crippen LogP contribution in [-0.4, -0.2) is 39.5 Å². The Balaban J connectivity index is 1.93. The molecule has 0 bridgehead atoms. The number of likely N-dealkylation sites (tertiary alicyclic amines) is 1. The number of pyridine rings is 1. The molecule has 2 aromatic heterocycles. The molecule has 1 fully saturated rings. The lowest BCUT2D eigenvalue weighted by atomic mass is 9.90. The van der Waals surface area contributed by atoms with Crippen molar-refractivity contribution in [3.8, 4) is 0 Å². The molecule has 3 heterocycles. The lowest BCUT2D eigenvalue weighted by molar-refractivity contribution is 0.0859. The van der Waals surface area contributed by atoms with E-state index in [1.807, 2.05) is 6.07 Å². The van der Waals surface area contributed by atoms with Gasteiger partial charge in [-0.2, -0.15) is 0 Å². The minimum Gasteiger partial charge on any atom is -0.329 e. The number of nitrogens with zero attached hydrogens (tertiary/aromatic N) is 3. The fraction of sp³-hybridized carbons (Fsp3) is 0.588. The van der Waals surface area contributed by atoms with Gasteiger partial charge in [-0.1, -0.05) is 12.5 Å². The van der Waals surface area contributed by atoms with Crippen LogP contribution in [-0.2, 0) is 6.42 Å². The standard InChI is InChI=1S/C17H26N4/c1-14-15(21-11-7-4-8-16(21)19-14)12-17(2,13-18)20-9-5-3-6-10-20/h4,7-8,11H,3,5-6,9-10,12-13,18H2,1-2H3. The molecule has 1 saturated heterocycles. The first-order valence-corrected chi connectivity index (χ1v) is 8.02. The summed E-state index contributed by atoms with van der Waals surface area (Å²) >= 11 is 0. The molecule has 0 amide bonds. The van der Waals surface area contributed by atoms with Crippen molar-refractivity contribution in [3.05, 3.63) is 35.8 Å². The van der Waals surface area contributed by atoms with Crippen molar-refractivity contribution in [2.24, 2.45) is 5.73 Å². The molecule has 4 nitrogen and oxygen atoms in total. The van der Waals surface area contributed by atoms with Crippen LogP contribution < -0.4 is 5.73 Å². The van der Waals surface area contributed by atoms with Gasteiger partial charge in [-0.15, -0.1) is 0 Å². The van der Waals surface area contributed by atoms with E-state index in [9.17, 15) is 0 Å². The summed E-state index contributed by atoms with van der Waals surface area (Å²) in [7, 11) is 0. The van der Waals surface area contributed by atoms with Crippen molar-refractivity contribution in [1.29, 1.82) is 0 Å². The summed E-state index contributed by atoms with van der Waals surface area (Å²) in [5.41, 5.74) is 9.65. The number of hydrogen-bond donors (Lipinski definition) is 1. The van der Waals surface area contributed by atoms with Gasteiger partial charge in [0.1, 0.15) is 5.65 Å². The molecule has 4 heteroatoms. The number of hydrogen-bond acceptors (Lipinski definition) is 3. The predicted molar refractivity (Wildman–Crippen MR) is 86.5 cm³/mol. The molecule has 0 aliphatic carbocycles. The van der Waals surface area contributed by atoms with Crippen LogP contribution in [0.15, 0.2) is 24.4 Å². The first-order chi connectivity index (χ1) is 10.1. The molecule has 0 radical (unpaired) electrons. The van der Waals surface area contributed by atoms with Gasteiger partial charge in [0.15, 0.2) is 0 Å². The fourth-order valence-electron chi connectivity index (χ4n) is 3.48. The van der Waals surface area contributed by atoms with E-state index in [0.717, 1.165) is 17.8 Å². The third-order valence-corrected chi connectivity index (χ3v) is 4.94. The zero-order valence-corrected chi connectivity index (χ0v) is 13.2. The van der Waals surface area contributed by atoms with Crippen LogP contribution in [0.3, 0.4) is 0 Å². The van der Waals surface area contributed by atoms with Crippen LogP contribution >= 0.6 is 0 Å². The summed E-state index contributed by atoms with van der Waals surface area (Å²) in [4.78, 5) is 7.26. The molecule has 21 heavy (non-hydrogen) atoms. The van der Waals surface area contributed by atoms with Gasteiger partial charge in [0.05, 0.1) is 5.69 Å². The molecular formula is C17H26N4. The maximum atomic E-state index is 6.18. The van der Waals surface area contributed by atoms with Gasteiger partial charge in [-0.25, -0.2) is 4.98 Å². The van der Waals surface area contributed by atoms with Crippen LogP contribution in [0.1, 0.15) is 37.6 Å². The maximum Gasteiger partial charge on any atom is 0.137 e. The number of rotatable bonds is 4. The second-order valence-electron chi connectivity index (χ2n) is 6.50. The van der Waals surface area contributed by atoms with Gasteiger partial charge in [0.2, 0.25) is 0 Å². The third kappa shape index (κ3) is 2.70. The lowest BCUT2D eigenvalue weighted by Crippen LogP contribution is -2.55. The van der Waals surface area contributed by atoms with Gasteiger partial charge in [0.25, 0.3) is 0 Å². The van der Waals surface area contributed by atoms with Crippen molar-refractivity contribution in [2.75, 3.05) is 19.6 Å². The molecule has 3 rings (SSSR count). The van der Waals surface area contributed by atoms with Gasteiger partial charge < -0.3 is 10.1 Å². The Bertz CT molecular complexity index is 612. The SMILES string of the molecule is Cc1nc2ccccn2c1CC(C)(CN)N1CCCCC1. The zero-order valence-electron chi connectivity index (χ0n) is 13.2. The fourth-order valence-corrected chi connectivity index (χ4v) is 3.48. The zero-order chi connectivity index (χ0) is 14.9. The van der Waals surface area contributed by atoms with Gasteiger partial charge >= 0.3 is 0 Å². The summed E-state index contributed by atoms with van der Waals surface area (Å²) in [6, 6.07) is 6.17. The Kier molecular flexibility index (Phi) is 4.00. The average molecular weight is 286 g/mol. The molecule has 0 saturated carbocycles. The first kappa shape index (κ1) is 14.5. The Morgan fingerprint density at radius 2 is 2.00 bits per heavy atom. The molecule has 1 aliphatic rings. The lowest BCUT2D eigenvalue weighted by Gasteiger charge is -2.43. The number of fused-ring (bicyclic) bond motifs is 1. The highest BCUT2D eigenvalue weighted by atomic mass is 15.2. The maximum absolute atomic E-state index is 6.18. The minimum absolute atomic E-state index is 0.0248. The van der Waals surface area contributed by atoms with Gasteiger partial charge in [0, 0.05) is 30.4 Å². The number of piperidine rings is 1. The summed E-state index contributed by atoms with van der Waals surface area (Å²) in [6.07, 6.45) is 7.01. The molecule has 1 atom stereocenters. The van der Waals surface area contributed by atoms with E-state index in [2.05, 4.69) is 46.5 Å².